The molecule has 7 heteroatoms. The van der Waals surface area contributed by atoms with Gasteiger partial charge in [-0.3, -0.25) is 0 Å². The number of hydrogen-bond donors (Lipinski definition) is 1. The summed E-state index contributed by atoms with van der Waals surface area (Å²) in [6, 6.07) is -0.307. The Labute approximate surface area is 139 Å². The molecule has 1 saturated heterocycles. The van der Waals surface area contributed by atoms with Crippen molar-refractivity contribution in [2.75, 3.05) is 11.4 Å². The van der Waals surface area contributed by atoms with E-state index < -0.39 is 11.8 Å². The lowest BCUT2D eigenvalue weighted by molar-refractivity contribution is 0.126. The summed E-state index contributed by atoms with van der Waals surface area (Å²) in [7, 11) is 0. The normalized spacial score (nSPS) is 18.9. The molecule has 2 heterocycles. The van der Waals surface area contributed by atoms with Crippen LogP contribution in [0.15, 0.2) is 6.20 Å². The summed E-state index contributed by atoms with van der Waals surface area (Å²) < 4.78 is 0.471. The molecule has 0 aliphatic carbocycles. The van der Waals surface area contributed by atoms with Crippen LogP contribution < -0.4 is 4.90 Å². The average molecular weight is 342 g/mol. The number of hydrogen-bond acceptors (Lipinski definition) is 4. The van der Waals surface area contributed by atoms with Gasteiger partial charge in [0.2, 0.25) is 0 Å². The van der Waals surface area contributed by atoms with Gasteiger partial charge in [0.1, 0.15) is 9.88 Å². The molecule has 1 fully saturated rings. The number of terminal acetylenes is 1. The molecule has 2 amide bonds. The number of carbonyl (C=O) groups excluding carboxylic acids is 1. The predicted molar refractivity (Wildman–Crippen MR) is 89.1 cm³/mol. The second kappa shape index (κ2) is 6.86. The summed E-state index contributed by atoms with van der Waals surface area (Å²) in [6.07, 6.45) is 9.44. The zero-order chi connectivity index (χ0) is 16.3. The van der Waals surface area contributed by atoms with E-state index in [1.165, 1.54) is 11.1 Å². The molecule has 2 rings (SSSR count). The summed E-state index contributed by atoms with van der Waals surface area (Å²) >= 11 is 7.04. The number of carbonyl (C=O) groups is 1. The molecule has 1 aliphatic rings. The Morgan fingerprint density at radius 3 is 2.64 bits per heavy atom. The van der Waals surface area contributed by atoms with Gasteiger partial charge in [0.15, 0.2) is 11.4 Å². The number of halogens is 1. The number of aromatic nitrogens is 1. The molecule has 120 valence electrons. The van der Waals surface area contributed by atoms with Gasteiger partial charge in [-0.25, -0.2) is 14.7 Å². The summed E-state index contributed by atoms with van der Waals surface area (Å²) in [6.45, 7) is 4.26. The van der Waals surface area contributed by atoms with Crippen molar-refractivity contribution in [3.63, 3.8) is 0 Å². The molecule has 1 N–H and O–H groups in total. The van der Waals surface area contributed by atoms with Crippen LogP contribution in [-0.4, -0.2) is 39.3 Å². The van der Waals surface area contributed by atoms with E-state index in [1.54, 1.807) is 4.90 Å². The fraction of sp³-hybridized carbons (Fsp3) is 0.600. The number of nitrogens with zero attached hydrogens (tertiary/aromatic N) is 3. The zero-order valence-corrected chi connectivity index (χ0v) is 14.3. The molecule has 1 atom stereocenters. The van der Waals surface area contributed by atoms with Crippen molar-refractivity contribution in [3.8, 4) is 12.3 Å². The van der Waals surface area contributed by atoms with E-state index in [9.17, 15) is 9.90 Å². The molecule has 1 aliphatic heterocycles. The lowest BCUT2D eigenvalue weighted by Gasteiger charge is -2.37. The van der Waals surface area contributed by atoms with Gasteiger partial charge in [-0.15, -0.1) is 6.42 Å². The number of aliphatic hydroxyl groups excluding tert-OH is 1. The predicted octanol–water partition coefficient (Wildman–Crippen LogP) is 3.33. The minimum absolute atomic E-state index is 0.181. The highest BCUT2D eigenvalue weighted by molar-refractivity contribution is 7.19. The molecule has 1 aromatic heterocycles. The Hall–Kier alpha value is -1.29. The Kier molecular flexibility index (Phi) is 5.32. The second-order valence-corrected chi connectivity index (χ2v) is 7.01. The summed E-state index contributed by atoms with van der Waals surface area (Å²) in [5.41, 5.74) is -0.655. The molecule has 22 heavy (non-hydrogen) atoms. The smallest absolute Gasteiger partial charge is 0.329 e. The van der Waals surface area contributed by atoms with Crippen LogP contribution in [0, 0.1) is 12.3 Å². The van der Waals surface area contributed by atoms with Gasteiger partial charge in [0, 0.05) is 0 Å². The van der Waals surface area contributed by atoms with Crippen LogP contribution in [0.2, 0.25) is 4.34 Å². The third kappa shape index (κ3) is 2.94. The van der Waals surface area contributed by atoms with E-state index in [0.29, 0.717) is 22.3 Å². The third-order valence-corrected chi connectivity index (χ3v) is 4.98. The maximum Gasteiger partial charge on any atom is 0.329 e. The topological polar surface area (TPSA) is 56.7 Å². The highest BCUT2D eigenvalue weighted by Crippen LogP contribution is 2.36. The third-order valence-electron chi connectivity index (χ3n) is 3.86. The van der Waals surface area contributed by atoms with Gasteiger partial charge in [-0.2, -0.15) is 0 Å². The minimum atomic E-state index is -0.962. The van der Waals surface area contributed by atoms with Crippen molar-refractivity contribution in [1.82, 2.24) is 9.88 Å². The van der Waals surface area contributed by atoms with Crippen molar-refractivity contribution in [2.45, 2.75) is 51.3 Å². The summed E-state index contributed by atoms with van der Waals surface area (Å²) in [5, 5.41) is 10.7. The molecule has 1 unspecified atom stereocenters. The maximum atomic E-state index is 12.8. The zero-order valence-electron chi connectivity index (χ0n) is 12.8. The van der Waals surface area contributed by atoms with Crippen molar-refractivity contribution in [1.29, 1.82) is 0 Å². The molecule has 0 bridgehead atoms. The molecule has 5 nitrogen and oxygen atoms in total. The molecule has 1 aromatic rings. The second-order valence-electron chi connectivity index (χ2n) is 5.37. The lowest BCUT2D eigenvalue weighted by atomic mass is 9.88. The van der Waals surface area contributed by atoms with Crippen LogP contribution in [0.5, 0.6) is 0 Å². The van der Waals surface area contributed by atoms with Crippen LogP contribution in [0.4, 0.5) is 9.93 Å². The van der Waals surface area contributed by atoms with Crippen LogP contribution >= 0.6 is 22.9 Å². The number of amides is 2. The first-order valence-electron chi connectivity index (χ1n) is 7.37. The number of thiazole rings is 1. The Morgan fingerprint density at radius 2 is 2.18 bits per heavy atom. The number of β-amino-alcohol motifs (C(OH)–C–C–N with tert-alkyl or cyclic N) is 1. The fourth-order valence-electron chi connectivity index (χ4n) is 2.95. The summed E-state index contributed by atoms with van der Waals surface area (Å²) in [5.74, 6) is 2.81. The highest BCUT2D eigenvalue weighted by atomic mass is 35.5. The fourth-order valence-corrected chi connectivity index (χ4v) is 3.89. The average Bonchev–Trinajstić information content (AvgIpc) is 3.02. The van der Waals surface area contributed by atoms with Gasteiger partial charge in [0.25, 0.3) is 0 Å². The number of anilines is 1. The van der Waals surface area contributed by atoms with Crippen LogP contribution in [0.25, 0.3) is 0 Å². The first-order chi connectivity index (χ1) is 10.5. The molecule has 0 spiro atoms. The van der Waals surface area contributed by atoms with Gasteiger partial charge >= 0.3 is 6.03 Å². The molecular formula is C15H20ClN3O2S. The SMILES string of the molecule is C#CC(CCC)(CCC)N1CC(O)N(c2ncc(Cl)s2)C1=O. The van der Waals surface area contributed by atoms with E-state index in [1.807, 2.05) is 13.8 Å². The van der Waals surface area contributed by atoms with Gasteiger partial charge < -0.3 is 10.0 Å². The maximum absolute atomic E-state index is 12.8. The van der Waals surface area contributed by atoms with Crippen molar-refractivity contribution < 1.29 is 9.90 Å². The quantitative estimate of drug-likeness (QED) is 0.807. The first-order valence-corrected chi connectivity index (χ1v) is 8.56. The summed E-state index contributed by atoms with van der Waals surface area (Å²) in [4.78, 5) is 19.8. The van der Waals surface area contributed by atoms with E-state index in [2.05, 4.69) is 10.9 Å². The lowest BCUT2D eigenvalue weighted by Crippen LogP contribution is -2.49. The number of aliphatic hydroxyl groups is 1. The van der Waals surface area contributed by atoms with Crippen LogP contribution in [-0.2, 0) is 0 Å². The molecular weight excluding hydrogens is 322 g/mol. The Balaban J connectivity index is 2.33. The monoisotopic (exact) mass is 341 g/mol. The number of rotatable bonds is 6. The van der Waals surface area contributed by atoms with E-state index >= 15 is 0 Å². The first kappa shape index (κ1) is 17.1. The molecule has 0 aromatic carbocycles. The van der Waals surface area contributed by atoms with E-state index in [0.717, 1.165) is 24.2 Å². The van der Waals surface area contributed by atoms with Crippen molar-refractivity contribution >= 4 is 34.1 Å². The van der Waals surface area contributed by atoms with Crippen LogP contribution in [0.3, 0.4) is 0 Å². The van der Waals surface area contributed by atoms with Gasteiger partial charge in [-0.1, -0.05) is 55.5 Å². The Morgan fingerprint density at radius 1 is 1.55 bits per heavy atom. The number of urea groups is 1. The van der Waals surface area contributed by atoms with Crippen molar-refractivity contribution in [3.05, 3.63) is 10.5 Å². The largest absolute Gasteiger partial charge is 0.371 e. The standard InChI is InChI=1S/C15H20ClN3O2S/c1-4-7-15(6-3,8-5-2)18-10-12(20)19(14(18)21)13-17-9-11(16)22-13/h3,9,12,20H,4-5,7-8,10H2,1-2H3. The molecule has 0 radical (unpaired) electrons. The van der Waals surface area contributed by atoms with Gasteiger partial charge in [-0.05, 0) is 12.8 Å². The Bertz CT molecular complexity index is 578. The minimum Gasteiger partial charge on any atom is -0.371 e. The van der Waals surface area contributed by atoms with E-state index in [-0.39, 0.29) is 12.6 Å². The highest BCUT2D eigenvalue weighted by Gasteiger charge is 2.47. The van der Waals surface area contributed by atoms with Crippen molar-refractivity contribution in [2.24, 2.45) is 0 Å². The van der Waals surface area contributed by atoms with Gasteiger partial charge in [0.05, 0.1) is 12.7 Å². The van der Waals surface area contributed by atoms with Crippen LogP contribution in [0.1, 0.15) is 39.5 Å². The van der Waals surface area contributed by atoms with E-state index in [4.69, 9.17) is 18.0 Å². The molecule has 0 saturated carbocycles.